The Balaban J connectivity index is 1.58. The van der Waals surface area contributed by atoms with Crippen LogP contribution in [0.4, 0.5) is 4.39 Å². The minimum atomic E-state index is -0.157. The average Bonchev–Trinajstić information content (AvgIpc) is 3.03. The van der Waals surface area contributed by atoms with E-state index in [-0.39, 0.29) is 5.82 Å². The lowest BCUT2D eigenvalue weighted by Crippen LogP contribution is -2.48. The number of hydrogen-bond acceptors (Lipinski definition) is 3. The van der Waals surface area contributed by atoms with Crippen LogP contribution in [0.3, 0.4) is 0 Å². The van der Waals surface area contributed by atoms with E-state index in [1.165, 1.54) is 24.0 Å². The first-order valence-corrected chi connectivity index (χ1v) is 9.48. The van der Waals surface area contributed by atoms with Gasteiger partial charge in [0.15, 0.2) is 0 Å². The SMILES string of the molecule is COc1ccc(CN2C[C@H](c3ccc(F)cc3)[C@@H]3[C@H]2CCCN3C)cc1. The fourth-order valence-electron chi connectivity index (χ4n) is 4.79. The average molecular weight is 354 g/mol. The normalized spacial score (nSPS) is 26.7. The number of benzene rings is 2. The zero-order valence-electron chi connectivity index (χ0n) is 15.6. The molecular weight excluding hydrogens is 327 g/mol. The van der Waals surface area contributed by atoms with E-state index in [9.17, 15) is 4.39 Å². The number of likely N-dealkylation sites (N-methyl/N-ethyl adjacent to an activating group) is 1. The molecule has 0 aliphatic carbocycles. The predicted molar refractivity (Wildman–Crippen MR) is 102 cm³/mol. The second-order valence-corrected chi connectivity index (χ2v) is 7.62. The van der Waals surface area contributed by atoms with Gasteiger partial charge in [-0.15, -0.1) is 0 Å². The summed E-state index contributed by atoms with van der Waals surface area (Å²) in [6.45, 7) is 3.13. The van der Waals surface area contributed by atoms with Crippen LogP contribution in [-0.2, 0) is 6.54 Å². The van der Waals surface area contributed by atoms with Crippen molar-refractivity contribution in [2.75, 3.05) is 27.2 Å². The highest BCUT2D eigenvalue weighted by Gasteiger charge is 2.45. The van der Waals surface area contributed by atoms with Gasteiger partial charge in [0.2, 0.25) is 0 Å². The number of likely N-dealkylation sites (tertiary alicyclic amines) is 2. The molecule has 2 aliphatic heterocycles. The molecule has 0 unspecified atom stereocenters. The molecule has 0 spiro atoms. The molecule has 2 aliphatic rings. The number of ether oxygens (including phenoxy) is 1. The van der Waals surface area contributed by atoms with Crippen molar-refractivity contribution in [2.45, 2.75) is 37.4 Å². The summed E-state index contributed by atoms with van der Waals surface area (Å²) in [6, 6.07) is 16.6. The van der Waals surface area contributed by atoms with E-state index < -0.39 is 0 Å². The molecule has 138 valence electrons. The number of piperidine rings is 1. The van der Waals surface area contributed by atoms with E-state index >= 15 is 0 Å². The van der Waals surface area contributed by atoms with E-state index in [1.54, 1.807) is 19.2 Å². The number of hydrogen-bond donors (Lipinski definition) is 0. The summed E-state index contributed by atoms with van der Waals surface area (Å²) in [4.78, 5) is 5.13. The van der Waals surface area contributed by atoms with Gasteiger partial charge in [0.1, 0.15) is 11.6 Å². The summed E-state index contributed by atoms with van der Waals surface area (Å²) in [5, 5.41) is 0. The highest BCUT2D eigenvalue weighted by molar-refractivity contribution is 5.29. The number of rotatable bonds is 4. The largest absolute Gasteiger partial charge is 0.497 e. The Morgan fingerprint density at radius 1 is 1.08 bits per heavy atom. The summed E-state index contributed by atoms with van der Waals surface area (Å²) in [6.07, 6.45) is 2.48. The quantitative estimate of drug-likeness (QED) is 0.828. The van der Waals surface area contributed by atoms with Crippen LogP contribution >= 0.6 is 0 Å². The molecule has 2 heterocycles. The lowest BCUT2D eigenvalue weighted by Gasteiger charge is -2.39. The first-order chi connectivity index (χ1) is 12.7. The molecule has 2 fully saturated rings. The molecule has 0 amide bonds. The van der Waals surface area contributed by atoms with Crippen LogP contribution < -0.4 is 4.74 Å². The Bertz CT molecular complexity index is 731. The highest BCUT2D eigenvalue weighted by Crippen LogP contribution is 2.40. The van der Waals surface area contributed by atoms with Gasteiger partial charge < -0.3 is 9.64 Å². The summed E-state index contributed by atoms with van der Waals surface area (Å²) in [7, 11) is 3.94. The van der Waals surface area contributed by atoms with Crippen LogP contribution in [0.2, 0.25) is 0 Å². The zero-order valence-corrected chi connectivity index (χ0v) is 15.6. The van der Waals surface area contributed by atoms with Crippen LogP contribution in [0.25, 0.3) is 0 Å². The van der Waals surface area contributed by atoms with E-state index in [0.717, 1.165) is 25.4 Å². The van der Waals surface area contributed by atoms with Crippen LogP contribution in [0.15, 0.2) is 48.5 Å². The van der Waals surface area contributed by atoms with Crippen molar-refractivity contribution in [3.63, 3.8) is 0 Å². The molecule has 2 aromatic carbocycles. The van der Waals surface area contributed by atoms with Crippen molar-refractivity contribution in [3.8, 4) is 5.75 Å². The maximum Gasteiger partial charge on any atom is 0.123 e. The Hall–Kier alpha value is -1.91. The number of nitrogens with zero attached hydrogens (tertiary/aromatic N) is 2. The van der Waals surface area contributed by atoms with Crippen molar-refractivity contribution in [1.29, 1.82) is 0 Å². The molecule has 0 radical (unpaired) electrons. The molecule has 2 saturated heterocycles. The van der Waals surface area contributed by atoms with Gasteiger partial charge in [0, 0.05) is 31.1 Å². The minimum absolute atomic E-state index is 0.157. The van der Waals surface area contributed by atoms with Gasteiger partial charge in [0.05, 0.1) is 7.11 Å². The maximum atomic E-state index is 13.4. The standard InChI is InChI=1S/C22H27FN2O/c1-24-13-3-4-21-22(24)20(17-7-9-18(23)10-8-17)15-25(21)14-16-5-11-19(26-2)12-6-16/h5-12,20-22H,3-4,13-15H2,1-2H3/t20-,21-,22-/m1/s1. The van der Waals surface area contributed by atoms with Crippen LogP contribution in [0, 0.1) is 5.82 Å². The summed E-state index contributed by atoms with van der Waals surface area (Å²) in [5.74, 6) is 1.18. The Morgan fingerprint density at radius 2 is 1.81 bits per heavy atom. The number of halogens is 1. The fourth-order valence-corrected chi connectivity index (χ4v) is 4.79. The van der Waals surface area contributed by atoms with Gasteiger partial charge in [-0.25, -0.2) is 4.39 Å². The van der Waals surface area contributed by atoms with Crippen LogP contribution in [-0.4, -0.2) is 49.1 Å². The Kier molecular flexibility index (Phi) is 4.96. The molecular formula is C22H27FN2O. The molecule has 2 aromatic rings. The van der Waals surface area contributed by atoms with E-state index in [0.29, 0.717) is 18.0 Å². The second-order valence-electron chi connectivity index (χ2n) is 7.62. The highest BCUT2D eigenvalue weighted by atomic mass is 19.1. The lowest BCUT2D eigenvalue weighted by atomic mass is 9.86. The van der Waals surface area contributed by atoms with Crippen molar-refractivity contribution in [1.82, 2.24) is 9.80 Å². The Labute approximate surface area is 155 Å². The second kappa shape index (κ2) is 7.37. The Morgan fingerprint density at radius 3 is 2.50 bits per heavy atom. The van der Waals surface area contributed by atoms with Gasteiger partial charge in [-0.1, -0.05) is 24.3 Å². The predicted octanol–water partition coefficient (Wildman–Crippen LogP) is 3.90. The third kappa shape index (κ3) is 3.36. The topological polar surface area (TPSA) is 15.7 Å². The summed E-state index contributed by atoms with van der Waals surface area (Å²) in [5.41, 5.74) is 2.57. The molecule has 4 rings (SSSR count). The molecule has 26 heavy (non-hydrogen) atoms. The number of fused-ring (bicyclic) bond motifs is 1. The molecule has 0 N–H and O–H groups in total. The zero-order chi connectivity index (χ0) is 18.1. The molecule has 0 aromatic heterocycles. The summed E-state index contributed by atoms with van der Waals surface area (Å²) >= 11 is 0. The van der Waals surface area contributed by atoms with Crippen molar-refractivity contribution < 1.29 is 9.13 Å². The van der Waals surface area contributed by atoms with E-state index in [2.05, 4.69) is 29.0 Å². The van der Waals surface area contributed by atoms with Gasteiger partial charge in [-0.2, -0.15) is 0 Å². The van der Waals surface area contributed by atoms with Crippen molar-refractivity contribution in [3.05, 3.63) is 65.5 Å². The van der Waals surface area contributed by atoms with Crippen molar-refractivity contribution >= 4 is 0 Å². The third-order valence-electron chi connectivity index (χ3n) is 6.07. The van der Waals surface area contributed by atoms with E-state index in [4.69, 9.17) is 4.74 Å². The van der Waals surface area contributed by atoms with E-state index in [1.807, 2.05) is 24.3 Å². The van der Waals surface area contributed by atoms with Gasteiger partial charge in [0.25, 0.3) is 0 Å². The molecule has 3 atom stereocenters. The first kappa shape index (κ1) is 17.5. The van der Waals surface area contributed by atoms with Crippen molar-refractivity contribution in [2.24, 2.45) is 0 Å². The third-order valence-corrected chi connectivity index (χ3v) is 6.07. The first-order valence-electron chi connectivity index (χ1n) is 9.48. The minimum Gasteiger partial charge on any atom is -0.497 e. The van der Waals surface area contributed by atoms with Gasteiger partial charge >= 0.3 is 0 Å². The monoisotopic (exact) mass is 354 g/mol. The molecule has 3 nitrogen and oxygen atoms in total. The fraction of sp³-hybridized carbons (Fsp3) is 0.455. The lowest BCUT2D eigenvalue weighted by molar-refractivity contribution is 0.109. The summed E-state index contributed by atoms with van der Waals surface area (Å²) < 4.78 is 18.7. The van der Waals surface area contributed by atoms with Gasteiger partial charge in [-0.3, -0.25) is 4.90 Å². The van der Waals surface area contributed by atoms with Crippen LogP contribution in [0.1, 0.15) is 29.9 Å². The van der Waals surface area contributed by atoms with Crippen LogP contribution in [0.5, 0.6) is 5.75 Å². The van der Waals surface area contributed by atoms with Gasteiger partial charge in [-0.05, 0) is 61.8 Å². The molecule has 0 bridgehead atoms. The number of methoxy groups -OCH3 is 1. The smallest absolute Gasteiger partial charge is 0.123 e. The molecule has 0 saturated carbocycles. The maximum absolute atomic E-state index is 13.4. The molecule has 4 heteroatoms.